The number of thioether (sulfide) groups is 1. The number of carbonyl (C=O) groups excluding carboxylic acids is 1. The summed E-state index contributed by atoms with van der Waals surface area (Å²) in [7, 11) is 1.69. The minimum atomic E-state index is 0.0162. The Labute approximate surface area is 112 Å². The molecule has 1 aliphatic heterocycles. The van der Waals surface area contributed by atoms with E-state index in [9.17, 15) is 4.79 Å². The Morgan fingerprint density at radius 2 is 2.28 bits per heavy atom. The SMILES string of the molecule is COC[C@@H](C)S[C@H]1CCc2ccccc2NC1=O. The lowest BCUT2D eigenvalue weighted by molar-refractivity contribution is -0.115. The molecule has 0 fully saturated rings. The van der Waals surface area contributed by atoms with Crippen LogP contribution in [0.1, 0.15) is 18.9 Å². The third-order valence-electron chi connectivity index (χ3n) is 3.04. The zero-order chi connectivity index (χ0) is 13.0. The maximum absolute atomic E-state index is 12.1. The molecule has 18 heavy (non-hydrogen) atoms. The van der Waals surface area contributed by atoms with Crippen LogP contribution in [-0.4, -0.2) is 30.1 Å². The third kappa shape index (κ3) is 3.27. The second-order valence-corrected chi connectivity index (χ2v) is 6.22. The van der Waals surface area contributed by atoms with Crippen LogP contribution in [0, 0.1) is 0 Å². The molecule has 1 aromatic rings. The summed E-state index contributed by atoms with van der Waals surface area (Å²) in [5, 5.41) is 3.38. The predicted octanol–water partition coefficient (Wildman–Crippen LogP) is 2.71. The maximum atomic E-state index is 12.1. The second kappa shape index (κ2) is 6.25. The van der Waals surface area contributed by atoms with Crippen molar-refractivity contribution in [2.24, 2.45) is 0 Å². The summed E-state index contributed by atoms with van der Waals surface area (Å²) < 4.78 is 5.12. The van der Waals surface area contributed by atoms with Crippen molar-refractivity contribution in [3.8, 4) is 0 Å². The van der Waals surface area contributed by atoms with Gasteiger partial charge in [0.2, 0.25) is 5.91 Å². The van der Waals surface area contributed by atoms with E-state index < -0.39 is 0 Å². The highest BCUT2D eigenvalue weighted by molar-refractivity contribution is 8.01. The van der Waals surface area contributed by atoms with Gasteiger partial charge in [0.1, 0.15) is 0 Å². The normalized spacial score (nSPS) is 20.8. The molecule has 0 spiro atoms. The Bertz CT molecular complexity index is 422. The first-order valence-electron chi connectivity index (χ1n) is 6.24. The number of hydrogen-bond donors (Lipinski definition) is 1. The van der Waals surface area contributed by atoms with Gasteiger partial charge in [0.15, 0.2) is 0 Å². The number of fused-ring (bicyclic) bond motifs is 1. The van der Waals surface area contributed by atoms with E-state index in [0.29, 0.717) is 11.9 Å². The lowest BCUT2D eigenvalue weighted by Gasteiger charge is -2.17. The summed E-state index contributed by atoms with van der Waals surface area (Å²) in [5.74, 6) is 0.118. The molecule has 0 bridgehead atoms. The van der Waals surface area contributed by atoms with E-state index in [-0.39, 0.29) is 11.2 Å². The fraction of sp³-hybridized carbons (Fsp3) is 0.500. The number of aryl methyl sites for hydroxylation is 1. The van der Waals surface area contributed by atoms with Crippen LogP contribution in [0.3, 0.4) is 0 Å². The molecular formula is C14H19NO2S. The molecule has 0 saturated heterocycles. The van der Waals surface area contributed by atoms with Crippen LogP contribution in [0.4, 0.5) is 5.69 Å². The number of hydrogen-bond acceptors (Lipinski definition) is 3. The van der Waals surface area contributed by atoms with Crippen molar-refractivity contribution < 1.29 is 9.53 Å². The fourth-order valence-corrected chi connectivity index (χ4v) is 3.39. The van der Waals surface area contributed by atoms with Crippen LogP contribution in [0.5, 0.6) is 0 Å². The first-order chi connectivity index (χ1) is 8.70. The monoisotopic (exact) mass is 265 g/mol. The molecule has 3 nitrogen and oxygen atoms in total. The number of anilines is 1. The highest BCUT2D eigenvalue weighted by Crippen LogP contribution is 2.29. The Balaban J connectivity index is 2.03. The van der Waals surface area contributed by atoms with Crippen LogP contribution in [0.15, 0.2) is 24.3 Å². The molecular weight excluding hydrogens is 246 g/mol. The van der Waals surface area contributed by atoms with E-state index in [1.165, 1.54) is 5.56 Å². The number of amides is 1. The largest absolute Gasteiger partial charge is 0.384 e. The maximum Gasteiger partial charge on any atom is 0.237 e. The molecule has 2 atom stereocenters. The van der Waals surface area contributed by atoms with Gasteiger partial charge >= 0.3 is 0 Å². The average molecular weight is 265 g/mol. The van der Waals surface area contributed by atoms with Crippen molar-refractivity contribution in [1.29, 1.82) is 0 Å². The Kier molecular flexibility index (Phi) is 4.66. The molecule has 98 valence electrons. The van der Waals surface area contributed by atoms with Gasteiger partial charge in [-0.15, -0.1) is 11.8 Å². The van der Waals surface area contributed by atoms with Crippen LogP contribution in [0.25, 0.3) is 0 Å². The first-order valence-corrected chi connectivity index (χ1v) is 7.18. The summed E-state index contributed by atoms with van der Waals surface area (Å²) in [5.41, 5.74) is 2.19. The molecule has 1 amide bonds. The van der Waals surface area contributed by atoms with Gasteiger partial charge in [-0.25, -0.2) is 0 Å². The zero-order valence-corrected chi connectivity index (χ0v) is 11.6. The molecule has 0 radical (unpaired) electrons. The molecule has 0 aromatic heterocycles. The average Bonchev–Trinajstić information content (AvgIpc) is 2.50. The summed E-state index contributed by atoms with van der Waals surface area (Å²) in [6, 6.07) is 8.03. The predicted molar refractivity (Wildman–Crippen MR) is 76.1 cm³/mol. The standard InChI is InChI=1S/C14H19NO2S/c1-10(9-17-2)18-13-8-7-11-5-3-4-6-12(11)15-14(13)16/h3-6,10,13H,7-9H2,1-2H3,(H,15,16)/t10-,13+/m1/s1. The number of benzene rings is 1. The third-order valence-corrected chi connectivity index (χ3v) is 4.42. The van der Waals surface area contributed by atoms with E-state index in [1.807, 2.05) is 18.2 Å². The van der Waals surface area contributed by atoms with Crippen molar-refractivity contribution >= 4 is 23.4 Å². The van der Waals surface area contributed by atoms with Crippen LogP contribution in [0.2, 0.25) is 0 Å². The Hall–Kier alpha value is -1.00. The van der Waals surface area contributed by atoms with Crippen molar-refractivity contribution in [3.05, 3.63) is 29.8 Å². The number of methoxy groups -OCH3 is 1. The van der Waals surface area contributed by atoms with Gasteiger partial charge < -0.3 is 10.1 Å². The highest BCUT2D eigenvalue weighted by atomic mass is 32.2. The van der Waals surface area contributed by atoms with Crippen molar-refractivity contribution in [1.82, 2.24) is 0 Å². The topological polar surface area (TPSA) is 38.3 Å². The Morgan fingerprint density at radius 1 is 1.50 bits per heavy atom. The molecule has 1 heterocycles. The van der Waals surface area contributed by atoms with Gasteiger partial charge in [0, 0.05) is 18.0 Å². The molecule has 1 N–H and O–H groups in total. The zero-order valence-electron chi connectivity index (χ0n) is 10.8. The molecule has 2 rings (SSSR count). The molecule has 1 aromatic carbocycles. The van der Waals surface area contributed by atoms with Crippen LogP contribution >= 0.6 is 11.8 Å². The van der Waals surface area contributed by atoms with Gasteiger partial charge in [-0.05, 0) is 24.5 Å². The summed E-state index contributed by atoms with van der Waals surface area (Å²) in [6.45, 7) is 2.78. The molecule has 0 unspecified atom stereocenters. The molecule has 0 aliphatic carbocycles. The number of ether oxygens (including phenoxy) is 1. The second-order valence-electron chi connectivity index (χ2n) is 4.58. The van der Waals surface area contributed by atoms with E-state index >= 15 is 0 Å². The van der Waals surface area contributed by atoms with Crippen molar-refractivity contribution in [2.75, 3.05) is 19.0 Å². The number of nitrogens with one attached hydrogen (secondary N) is 1. The van der Waals surface area contributed by atoms with E-state index in [1.54, 1.807) is 18.9 Å². The quantitative estimate of drug-likeness (QED) is 0.909. The van der Waals surface area contributed by atoms with E-state index in [2.05, 4.69) is 18.3 Å². The summed E-state index contributed by atoms with van der Waals surface area (Å²) in [4.78, 5) is 12.1. The van der Waals surface area contributed by atoms with Crippen molar-refractivity contribution in [3.63, 3.8) is 0 Å². The Morgan fingerprint density at radius 3 is 3.06 bits per heavy atom. The summed E-state index contributed by atoms with van der Waals surface area (Å²) in [6.07, 6.45) is 1.84. The van der Waals surface area contributed by atoms with Gasteiger partial charge in [0.25, 0.3) is 0 Å². The smallest absolute Gasteiger partial charge is 0.237 e. The first kappa shape index (κ1) is 13.4. The van der Waals surface area contributed by atoms with Gasteiger partial charge in [-0.3, -0.25) is 4.79 Å². The summed E-state index contributed by atoms with van der Waals surface area (Å²) >= 11 is 1.70. The van der Waals surface area contributed by atoms with Gasteiger partial charge in [-0.1, -0.05) is 25.1 Å². The number of rotatable bonds is 4. The van der Waals surface area contributed by atoms with Crippen molar-refractivity contribution in [2.45, 2.75) is 30.3 Å². The molecule has 1 aliphatic rings. The van der Waals surface area contributed by atoms with Gasteiger partial charge in [-0.2, -0.15) is 0 Å². The fourth-order valence-electron chi connectivity index (χ4n) is 2.18. The minimum absolute atomic E-state index is 0.0162. The van der Waals surface area contributed by atoms with Crippen LogP contribution < -0.4 is 5.32 Å². The highest BCUT2D eigenvalue weighted by Gasteiger charge is 2.25. The van der Waals surface area contributed by atoms with Crippen LogP contribution in [-0.2, 0) is 16.0 Å². The van der Waals surface area contributed by atoms with E-state index in [4.69, 9.17) is 4.74 Å². The minimum Gasteiger partial charge on any atom is -0.384 e. The molecule has 0 saturated carbocycles. The molecule has 4 heteroatoms. The van der Waals surface area contributed by atoms with E-state index in [0.717, 1.165) is 18.5 Å². The number of para-hydroxylation sites is 1. The lowest BCUT2D eigenvalue weighted by atomic mass is 10.1. The van der Waals surface area contributed by atoms with Gasteiger partial charge in [0.05, 0.1) is 11.9 Å². The number of carbonyl (C=O) groups is 1. The lowest BCUT2D eigenvalue weighted by Crippen LogP contribution is -2.26.